The zero-order chi connectivity index (χ0) is 13.0. The molecule has 0 radical (unpaired) electrons. The number of thiophene rings is 1. The molecule has 0 bridgehead atoms. The van der Waals surface area contributed by atoms with Crippen LogP contribution >= 0.6 is 33.9 Å². The van der Waals surface area contributed by atoms with E-state index in [1.807, 2.05) is 11.4 Å². The lowest BCUT2D eigenvalue weighted by molar-refractivity contribution is 0.0916. The Labute approximate surface area is 126 Å². The molecule has 2 rings (SSSR count). The fourth-order valence-electron chi connectivity index (χ4n) is 2.59. The molecule has 0 aliphatic heterocycles. The minimum absolute atomic E-state index is 0.0233. The number of carbonyl (C=O) groups excluding carboxylic acids is 1. The lowest BCUT2D eigenvalue weighted by Crippen LogP contribution is -2.45. The Kier molecular flexibility index (Phi) is 5.44. The third-order valence-electron chi connectivity index (χ3n) is 3.62. The quantitative estimate of drug-likeness (QED) is 0.792. The second-order valence-electron chi connectivity index (χ2n) is 4.85. The minimum atomic E-state index is 0.0233. The first-order valence-corrected chi connectivity index (χ1v) is 8.41. The maximum absolute atomic E-state index is 12.1. The molecule has 3 N–H and O–H groups in total. The molecule has 0 saturated heterocycles. The first-order valence-electron chi connectivity index (χ1n) is 6.45. The van der Waals surface area contributed by atoms with Gasteiger partial charge in [-0.2, -0.15) is 0 Å². The van der Waals surface area contributed by atoms with E-state index < -0.39 is 0 Å². The number of carbonyl (C=O) groups is 1. The molecule has 0 aromatic carbocycles. The summed E-state index contributed by atoms with van der Waals surface area (Å²) in [6.45, 7) is 0.539. The molecular weight excluding hydrogens is 359 g/mol. The van der Waals surface area contributed by atoms with E-state index in [2.05, 4.69) is 27.9 Å². The summed E-state index contributed by atoms with van der Waals surface area (Å²) in [5.41, 5.74) is 6.58. The monoisotopic (exact) mass is 378 g/mol. The number of nitrogens with two attached hydrogens (primary N) is 1. The Morgan fingerprint density at radius 1 is 1.50 bits per heavy atom. The van der Waals surface area contributed by atoms with Gasteiger partial charge in [0.15, 0.2) is 0 Å². The third kappa shape index (κ3) is 3.68. The minimum Gasteiger partial charge on any atom is -0.348 e. The van der Waals surface area contributed by atoms with Gasteiger partial charge in [-0.1, -0.05) is 19.3 Å². The molecule has 1 unspecified atom stereocenters. The van der Waals surface area contributed by atoms with E-state index in [1.54, 1.807) is 11.3 Å². The molecule has 18 heavy (non-hydrogen) atoms. The van der Waals surface area contributed by atoms with Crippen LogP contribution in [0.25, 0.3) is 0 Å². The van der Waals surface area contributed by atoms with Crippen molar-refractivity contribution >= 4 is 39.8 Å². The van der Waals surface area contributed by atoms with Crippen molar-refractivity contribution in [1.29, 1.82) is 0 Å². The van der Waals surface area contributed by atoms with E-state index in [4.69, 9.17) is 5.73 Å². The van der Waals surface area contributed by atoms with Gasteiger partial charge < -0.3 is 11.1 Å². The summed E-state index contributed by atoms with van der Waals surface area (Å²) >= 11 is 3.83. The number of hydrogen-bond acceptors (Lipinski definition) is 3. The number of nitrogens with one attached hydrogen (secondary N) is 1. The van der Waals surface area contributed by atoms with Crippen molar-refractivity contribution in [3.63, 3.8) is 0 Å². The molecule has 1 aromatic rings. The first-order chi connectivity index (χ1) is 8.70. The summed E-state index contributed by atoms with van der Waals surface area (Å²) in [7, 11) is 0. The summed E-state index contributed by atoms with van der Waals surface area (Å²) in [5, 5.41) is 5.01. The Balaban J connectivity index is 1.95. The lowest BCUT2D eigenvalue weighted by atomic mass is 9.84. The molecule has 1 amide bonds. The molecule has 1 aromatic heterocycles. The van der Waals surface area contributed by atoms with Crippen LogP contribution in [-0.4, -0.2) is 18.5 Å². The highest BCUT2D eigenvalue weighted by Crippen LogP contribution is 2.26. The smallest absolute Gasteiger partial charge is 0.252 e. The van der Waals surface area contributed by atoms with Gasteiger partial charge in [0.25, 0.3) is 5.91 Å². The van der Waals surface area contributed by atoms with Crippen LogP contribution in [0.15, 0.2) is 11.4 Å². The molecule has 3 nitrogen and oxygen atoms in total. The predicted octanol–water partition coefficient (Wildman–Crippen LogP) is 2.99. The molecule has 100 valence electrons. The second-order valence-corrected chi connectivity index (χ2v) is 7.66. The van der Waals surface area contributed by atoms with Gasteiger partial charge >= 0.3 is 0 Å². The van der Waals surface area contributed by atoms with E-state index in [1.165, 1.54) is 32.1 Å². The molecule has 1 fully saturated rings. The van der Waals surface area contributed by atoms with Gasteiger partial charge in [0, 0.05) is 18.0 Å². The van der Waals surface area contributed by atoms with Crippen molar-refractivity contribution in [3.05, 3.63) is 19.9 Å². The van der Waals surface area contributed by atoms with Crippen molar-refractivity contribution in [2.45, 2.75) is 38.1 Å². The fourth-order valence-corrected chi connectivity index (χ4v) is 3.91. The van der Waals surface area contributed by atoms with Crippen LogP contribution in [0.5, 0.6) is 0 Å². The van der Waals surface area contributed by atoms with Crippen LogP contribution in [0.1, 0.15) is 42.5 Å². The summed E-state index contributed by atoms with van der Waals surface area (Å²) in [4.78, 5) is 12.1. The van der Waals surface area contributed by atoms with Crippen LogP contribution in [-0.2, 0) is 0 Å². The highest BCUT2D eigenvalue weighted by molar-refractivity contribution is 14.1. The maximum atomic E-state index is 12.1. The second kappa shape index (κ2) is 6.86. The molecule has 0 spiro atoms. The average molecular weight is 378 g/mol. The molecule has 1 aliphatic rings. The highest BCUT2D eigenvalue weighted by atomic mass is 127. The molecule has 5 heteroatoms. The van der Waals surface area contributed by atoms with Crippen LogP contribution in [0.3, 0.4) is 0 Å². The van der Waals surface area contributed by atoms with Gasteiger partial charge in [-0.15, -0.1) is 11.3 Å². The van der Waals surface area contributed by atoms with E-state index in [0.717, 1.165) is 8.45 Å². The fraction of sp³-hybridized carbons (Fsp3) is 0.615. The zero-order valence-corrected chi connectivity index (χ0v) is 13.3. The molecule has 1 atom stereocenters. The number of halogens is 1. The Morgan fingerprint density at radius 3 is 2.78 bits per heavy atom. The normalized spacial score (nSPS) is 18.6. The standard InChI is InChI=1S/C13H19IN2OS/c14-12-6-10(8-18-12)13(17)16-11(7-15)9-4-2-1-3-5-9/h6,8-9,11H,1-5,7,15H2,(H,16,17). The topological polar surface area (TPSA) is 55.1 Å². The number of rotatable bonds is 4. The average Bonchev–Trinajstić information content (AvgIpc) is 2.83. The lowest BCUT2D eigenvalue weighted by Gasteiger charge is -2.30. The van der Waals surface area contributed by atoms with Crippen LogP contribution in [0, 0.1) is 8.80 Å². The van der Waals surface area contributed by atoms with Crippen LogP contribution < -0.4 is 11.1 Å². The Morgan fingerprint density at radius 2 is 2.22 bits per heavy atom. The van der Waals surface area contributed by atoms with Crippen molar-refractivity contribution in [2.24, 2.45) is 11.7 Å². The van der Waals surface area contributed by atoms with Crippen LogP contribution in [0.2, 0.25) is 0 Å². The first kappa shape index (κ1) is 14.3. The summed E-state index contributed by atoms with van der Waals surface area (Å²) in [6.07, 6.45) is 6.26. The van der Waals surface area contributed by atoms with E-state index in [-0.39, 0.29) is 11.9 Å². The van der Waals surface area contributed by atoms with Gasteiger partial charge in [-0.25, -0.2) is 0 Å². The summed E-state index contributed by atoms with van der Waals surface area (Å²) in [6, 6.07) is 2.06. The van der Waals surface area contributed by atoms with Crippen molar-refractivity contribution < 1.29 is 4.79 Å². The van der Waals surface area contributed by atoms with E-state index >= 15 is 0 Å². The number of amides is 1. The third-order valence-corrected chi connectivity index (χ3v) is 5.41. The largest absolute Gasteiger partial charge is 0.348 e. The molecule has 1 saturated carbocycles. The predicted molar refractivity (Wildman–Crippen MR) is 83.9 cm³/mol. The van der Waals surface area contributed by atoms with E-state index in [9.17, 15) is 4.79 Å². The van der Waals surface area contributed by atoms with Gasteiger partial charge in [-0.3, -0.25) is 4.79 Å². The van der Waals surface area contributed by atoms with Gasteiger partial charge in [0.05, 0.1) is 8.45 Å². The highest BCUT2D eigenvalue weighted by Gasteiger charge is 2.24. The summed E-state index contributed by atoms with van der Waals surface area (Å²) in [5.74, 6) is 0.584. The molecule has 1 heterocycles. The van der Waals surface area contributed by atoms with Gasteiger partial charge in [-0.05, 0) is 47.4 Å². The van der Waals surface area contributed by atoms with Crippen LogP contribution in [0.4, 0.5) is 0 Å². The Bertz CT molecular complexity index is 401. The van der Waals surface area contributed by atoms with Crippen molar-refractivity contribution in [2.75, 3.05) is 6.54 Å². The molecule has 1 aliphatic carbocycles. The van der Waals surface area contributed by atoms with Gasteiger partial charge in [0.2, 0.25) is 0 Å². The zero-order valence-electron chi connectivity index (χ0n) is 10.3. The number of hydrogen-bond donors (Lipinski definition) is 2. The van der Waals surface area contributed by atoms with Crippen molar-refractivity contribution in [3.8, 4) is 0 Å². The van der Waals surface area contributed by atoms with E-state index in [0.29, 0.717) is 12.5 Å². The summed E-state index contributed by atoms with van der Waals surface area (Å²) < 4.78 is 1.14. The maximum Gasteiger partial charge on any atom is 0.252 e. The van der Waals surface area contributed by atoms with Gasteiger partial charge in [0.1, 0.15) is 0 Å². The van der Waals surface area contributed by atoms with Crippen molar-refractivity contribution in [1.82, 2.24) is 5.32 Å². The Hall–Kier alpha value is -0.140. The SMILES string of the molecule is NCC(NC(=O)c1csc(I)c1)C1CCCCC1. The molecular formula is C13H19IN2OS.